The molecule has 11 heteroatoms. The molecule has 0 fully saturated rings. The van der Waals surface area contributed by atoms with E-state index < -0.39 is 11.6 Å². The van der Waals surface area contributed by atoms with Gasteiger partial charge >= 0.3 is 11.9 Å². The first-order valence-corrected chi connectivity index (χ1v) is 11.7. The third-order valence-corrected chi connectivity index (χ3v) is 4.14. The minimum Gasteiger partial charge on any atom is -0.481 e. The average Bonchev–Trinajstić information content (AvgIpc) is 2.75. The van der Waals surface area contributed by atoms with Gasteiger partial charge in [0.25, 0.3) is 0 Å². The van der Waals surface area contributed by atoms with E-state index in [2.05, 4.69) is 5.32 Å². The van der Waals surface area contributed by atoms with Crippen LogP contribution in [0.1, 0.15) is 47.0 Å². The number of carboxylic acid groups (broad SMARTS) is 1. The number of amides is 1. The zero-order valence-electron chi connectivity index (χ0n) is 21.1. The minimum absolute atomic E-state index is 0.0112. The first kappa shape index (κ1) is 32.2. The fourth-order valence-corrected chi connectivity index (χ4v) is 2.42. The molecule has 0 aromatic heterocycles. The summed E-state index contributed by atoms with van der Waals surface area (Å²) in [4.78, 5) is 34.0. The number of carbonyl (C=O) groups is 3. The highest BCUT2D eigenvalue weighted by atomic mass is 16.6. The molecule has 0 rings (SSSR count). The summed E-state index contributed by atoms with van der Waals surface area (Å²) >= 11 is 0. The Hall–Kier alpha value is -1.79. The normalized spacial score (nSPS) is 12.4. The third kappa shape index (κ3) is 23.4. The van der Waals surface area contributed by atoms with Crippen LogP contribution in [-0.4, -0.2) is 101 Å². The van der Waals surface area contributed by atoms with E-state index in [1.807, 2.05) is 20.8 Å². The van der Waals surface area contributed by atoms with E-state index in [-0.39, 0.29) is 37.2 Å². The van der Waals surface area contributed by atoms with Crippen LogP contribution in [0.2, 0.25) is 0 Å². The molecule has 200 valence electrons. The van der Waals surface area contributed by atoms with Crippen LogP contribution in [0.5, 0.6) is 0 Å². The van der Waals surface area contributed by atoms with Gasteiger partial charge in [0.2, 0.25) is 5.91 Å². The van der Waals surface area contributed by atoms with Crippen LogP contribution in [0.15, 0.2) is 0 Å². The standard InChI is InChI=1S/C23H43NO10/c1-19(5-6-21(27)34-23(2,3)4)22(28)24-8-10-30-12-14-32-16-18-33-17-15-31-13-11-29-9-7-20(25)26/h19H,5-18H2,1-4H3,(H,24,28)(H,25,26)/t19-/m0/s1. The quantitative estimate of drug-likeness (QED) is 0.168. The molecule has 0 aromatic rings. The van der Waals surface area contributed by atoms with Crippen molar-refractivity contribution in [2.24, 2.45) is 5.92 Å². The Balaban J connectivity index is 3.37. The molecular weight excluding hydrogens is 450 g/mol. The molecule has 0 radical (unpaired) electrons. The summed E-state index contributed by atoms with van der Waals surface area (Å²) in [5.41, 5.74) is -0.519. The summed E-state index contributed by atoms with van der Waals surface area (Å²) in [5.74, 6) is -1.58. The van der Waals surface area contributed by atoms with Crippen molar-refractivity contribution >= 4 is 17.8 Å². The highest BCUT2D eigenvalue weighted by Crippen LogP contribution is 2.12. The highest BCUT2D eigenvalue weighted by Gasteiger charge is 2.19. The van der Waals surface area contributed by atoms with Crippen LogP contribution in [0.25, 0.3) is 0 Å². The summed E-state index contributed by atoms with van der Waals surface area (Å²) in [6, 6.07) is 0. The van der Waals surface area contributed by atoms with Crippen molar-refractivity contribution < 1.29 is 47.9 Å². The first-order valence-electron chi connectivity index (χ1n) is 11.7. The van der Waals surface area contributed by atoms with Crippen LogP contribution in [-0.2, 0) is 42.8 Å². The maximum absolute atomic E-state index is 12.0. The van der Waals surface area contributed by atoms with Crippen molar-refractivity contribution in [3.63, 3.8) is 0 Å². The van der Waals surface area contributed by atoms with E-state index in [9.17, 15) is 14.4 Å². The predicted octanol–water partition coefficient (Wildman–Crippen LogP) is 1.42. The Morgan fingerprint density at radius 3 is 1.62 bits per heavy atom. The number of esters is 1. The van der Waals surface area contributed by atoms with Gasteiger partial charge in [-0.05, 0) is 27.2 Å². The zero-order valence-corrected chi connectivity index (χ0v) is 21.1. The molecule has 0 saturated carbocycles. The van der Waals surface area contributed by atoms with Crippen LogP contribution < -0.4 is 5.32 Å². The molecule has 0 spiro atoms. The van der Waals surface area contributed by atoms with E-state index >= 15 is 0 Å². The molecule has 0 aromatic carbocycles. The second kappa shape index (κ2) is 20.6. The van der Waals surface area contributed by atoms with Gasteiger partial charge in [0.15, 0.2) is 0 Å². The van der Waals surface area contributed by atoms with Crippen molar-refractivity contribution in [1.82, 2.24) is 5.32 Å². The molecule has 0 aliphatic rings. The number of hydrogen-bond donors (Lipinski definition) is 2. The largest absolute Gasteiger partial charge is 0.481 e. The summed E-state index contributed by atoms with van der Waals surface area (Å²) in [6.45, 7) is 11.5. The number of ether oxygens (including phenoxy) is 6. The van der Waals surface area contributed by atoms with E-state index in [1.54, 1.807) is 6.92 Å². The van der Waals surface area contributed by atoms with Gasteiger partial charge in [-0.25, -0.2) is 0 Å². The average molecular weight is 494 g/mol. The minimum atomic E-state index is -0.883. The molecule has 1 amide bonds. The second-order valence-corrected chi connectivity index (χ2v) is 8.52. The van der Waals surface area contributed by atoms with E-state index in [0.29, 0.717) is 72.4 Å². The summed E-state index contributed by atoms with van der Waals surface area (Å²) in [5, 5.41) is 11.2. The van der Waals surface area contributed by atoms with Gasteiger partial charge in [-0.15, -0.1) is 0 Å². The predicted molar refractivity (Wildman–Crippen MR) is 124 cm³/mol. The zero-order chi connectivity index (χ0) is 25.7. The van der Waals surface area contributed by atoms with Crippen molar-refractivity contribution in [1.29, 1.82) is 0 Å². The van der Waals surface area contributed by atoms with Gasteiger partial charge in [-0.2, -0.15) is 0 Å². The molecule has 0 unspecified atom stereocenters. The molecule has 0 saturated heterocycles. The number of nitrogens with one attached hydrogen (secondary N) is 1. The summed E-state index contributed by atoms with van der Waals surface area (Å²) in [6.07, 6.45) is 0.636. The van der Waals surface area contributed by atoms with Gasteiger partial charge in [-0.3, -0.25) is 14.4 Å². The Morgan fingerprint density at radius 1 is 0.735 bits per heavy atom. The number of hydrogen-bond acceptors (Lipinski definition) is 9. The van der Waals surface area contributed by atoms with E-state index in [4.69, 9.17) is 33.5 Å². The molecular formula is C23H43NO10. The van der Waals surface area contributed by atoms with Gasteiger partial charge in [0.1, 0.15) is 5.60 Å². The highest BCUT2D eigenvalue weighted by molar-refractivity contribution is 5.79. The van der Waals surface area contributed by atoms with E-state index in [1.165, 1.54) is 0 Å². The monoisotopic (exact) mass is 493 g/mol. The molecule has 11 nitrogen and oxygen atoms in total. The lowest BCUT2D eigenvalue weighted by molar-refractivity contribution is -0.155. The molecule has 2 N–H and O–H groups in total. The lowest BCUT2D eigenvalue weighted by atomic mass is 10.0. The summed E-state index contributed by atoms with van der Waals surface area (Å²) < 4.78 is 31.8. The summed E-state index contributed by atoms with van der Waals surface area (Å²) in [7, 11) is 0. The topological polar surface area (TPSA) is 139 Å². The third-order valence-electron chi connectivity index (χ3n) is 4.14. The Kier molecular flexibility index (Phi) is 19.5. The number of carbonyl (C=O) groups excluding carboxylic acids is 2. The number of aliphatic carboxylic acids is 1. The smallest absolute Gasteiger partial charge is 0.306 e. The van der Waals surface area contributed by atoms with E-state index in [0.717, 1.165) is 0 Å². The lowest BCUT2D eigenvalue weighted by Gasteiger charge is -2.20. The van der Waals surface area contributed by atoms with Gasteiger partial charge in [0.05, 0.1) is 72.5 Å². The molecule has 0 aliphatic carbocycles. The van der Waals surface area contributed by atoms with Crippen molar-refractivity contribution in [2.75, 3.05) is 72.6 Å². The Bertz CT molecular complexity index is 550. The molecule has 0 aliphatic heterocycles. The first-order chi connectivity index (χ1) is 16.1. The second-order valence-electron chi connectivity index (χ2n) is 8.52. The number of rotatable bonds is 22. The van der Waals surface area contributed by atoms with Crippen molar-refractivity contribution in [3.8, 4) is 0 Å². The van der Waals surface area contributed by atoms with Gasteiger partial charge in [0, 0.05) is 18.9 Å². The fourth-order valence-electron chi connectivity index (χ4n) is 2.42. The van der Waals surface area contributed by atoms with Crippen LogP contribution in [0.4, 0.5) is 0 Å². The van der Waals surface area contributed by atoms with Gasteiger partial charge < -0.3 is 38.8 Å². The fraction of sp³-hybridized carbons (Fsp3) is 0.870. The van der Waals surface area contributed by atoms with Crippen molar-refractivity contribution in [2.45, 2.75) is 52.6 Å². The maximum atomic E-state index is 12.0. The number of carboxylic acids is 1. The van der Waals surface area contributed by atoms with Crippen LogP contribution in [0.3, 0.4) is 0 Å². The molecule has 34 heavy (non-hydrogen) atoms. The molecule has 0 bridgehead atoms. The lowest BCUT2D eigenvalue weighted by Crippen LogP contribution is -2.32. The Labute approximate surface area is 202 Å². The Morgan fingerprint density at radius 2 is 1.18 bits per heavy atom. The van der Waals surface area contributed by atoms with Gasteiger partial charge in [-0.1, -0.05) is 6.92 Å². The van der Waals surface area contributed by atoms with Crippen LogP contribution >= 0.6 is 0 Å². The van der Waals surface area contributed by atoms with Crippen LogP contribution in [0, 0.1) is 5.92 Å². The molecule has 1 atom stereocenters. The SMILES string of the molecule is C[C@@H](CCC(=O)OC(C)(C)C)C(=O)NCCOCCOCCOCCOCCOCCC(=O)O. The van der Waals surface area contributed by atoms with Crippen molar-refractivity contribution in [3.05, 3.63) is 0 Å². The maximum Gasteiger partial charge on any atom is 0.306 e. The molecule has 0 heterocycles.